The van der Waals surface area contributed by atoms with Gasteiger partial charge in [-0.15, -0.1) is 0 Å². The predicted octanol–water partition coefficient (Wildman–Crippen LogP) is 16.8. The summed E-state index contributed by atoms with van der Waals surface area (Å²) in [7, 11) is 1.33. The van der Waals surface area contributed by atoms with Gasteiger partial charge in [0.15, 0.2) is 0 Å². The molecule has 0 aromatic heterocycles. The molecule has 0 bridgehead atoms. The number of quaternary nitrogens is 1. The van der Waals surface area contributed by atoms with Crippen molar-refractivity contribution >= 4 is 13.8 Å². The van der Waals surface area contributed by atoms with Crippen molar-refractivity contribution in [2.45, 2.75) is 238 Å². The van der Waals surface area contributed by atoms with E-state index in [1.807, 2.05) is 21.1 Å². The number of phosphoric acid groups is 1. The molecule has 2 atom stereocenters. The van der Waals surface area contributed by atoms with Crippen molar-refractivity contribution in [3.63, 3.8) is 0 Å². The zero-order valence-electron chi connectivity index (χ0n) is 44.3. The molecule has 0 rings (SSSR count). The minimum absolute atomic E-state index is 0.0181. The van der Waals surface area contributed by atoms with Crippen LogP contribution in [0.4, 0.5) is 0 Å². The average Bonchev–Trinajstić information content (AvgIpc) is 3.29. The number of rotatable bonds is 51. The lowest BCUT2D eigenvalue weighted by atomic mass is 10.0. The molecule has 0 aromatic rings. The van der Waals surface area contributed by atoms with E-state index in [9.17, 15) is 14.3 Å². The molecule has 0 aliphatic rings. The first kappa shape index (κ1) is 64.9. The minimum atomic E-state index is -4.54. The van der Waals surface area contributed by atoms with E-state index in [1.54, 1.807) is 0 Å². The average molecular weight is 960 g/mol. The Morgan fingerprint density at radius 1 is 0.478 bits per heavy atom. The Balaban J connectivity index is 4.13. The van der Waals surface area contributed by atoms with E-state index in [4.69, 9.17) is 18.5 Å². The highest BCUT2D eigenvalue weighted by atomic mass is 31.2. The van der Waals surface area contributed by atoms with E-state index >= 15 is 0 Å². The predicted molar refractivity (Wildman–Crippen MR) is 286 cm³/mol. The fraction of sp³-hybridized carbons (Fsp3) is 0.776. The summed E-state index contributed by atoms with van der Waals surface area (Å²) in [6.45, 7) is 5.25. The second kappa shape index (κ2) is 50.3. The van der Waals surface area contributed by atoms with Crippen LogP contribution in [0.3, 0.4) is 0 Å². The number of phosphoric ester groups is 1. The van der Waals surface area contributed by atoms with Gasteiger partial charge in [-0.25, -0.2) is 0 Å². The molecule has 67 heavy (non-hydrogen) atoms. The Kier molecular flexibility index (Phi) is 48.8. The number of likely N-dealkylation sites (N-methyl/N-ethyl adjacent to an activating group) is 1. The van der Waals surface area contributed by atoms with Gasteiger partial charge in [-0.2, -0.15) is 0 Å². The van der Waals surface area contributed by atoms with Gasteiger partial charge < -0.3 is 27.9 Å². The molecular formula is C58H106NO7P. The smallest absolute Gasteiger partial charge is 0.306 e. The Morgan fingerprint density at radius 2 is 0.866 bits per heavy atom. The number of unbranched alkanes of at least 4 members (excludes halogenated alkanes) is 25. The van der Waals surface area contributed by atoms with E-state index in [2.05, 4.69) is 86.8 Å². The largest absolute Gasteiger partial charge is 0.756 e. The molecule has 0 aromatic carbocycles. The van der Waals surface area contributed by atoms with Gasteiger partial charge in [-0.05, 0) is 83.5 Å². The topological polar surface area (TPSA) is 94.1 Å². The van der Waals surface area contributed by atoms with Crippen LogP contribution in [0.5, 0.6) is 0 Å². The molecule has 2 unspecified atom stereocenters. The lowest BCUT2D eigenvalue weighted by molar-refractivity contribution is -0.870. The first-order chi connectivity index (χ1) is 32.6. The molecule has 0 fully saturated rings. The Labute approximate surface area is 414 Å². The van der Waals surface area contributed by atoms with Crippen molar-refractivity contribution in [1.29, 1.82) is 0 Å². The highest BCUT2D eigenvalue weighted by Gasteiger charge is 2.20. The highest BCUT2D eigenvalue weighted by molar-refractivity contribution is 7.45. The maximum Gasteiger partial charge on any atom is 0.306 e. The second-order valence-electron chi connectivity index (χ2n) is 19.6. The fourth-order valence-electron chi connectivity index (χ4n) is 7.51. The van der Waals surface area contributed by atoms with Gasteiger partial charge in [0.1, 0.15) is 19.3 Å². The third kappa shape index (κ3) is 54.7. The lowest BCUT2D eigenvalue weighted by Crippen LogP contribution is -2.37. The first-order valence-electron chi connectivity index (χ1n) is 27.7. The molecule has 0 spiro atoms. The number of carbonyl (C=O) groups is 1. The maximum absolute atomic E-state index is 12.8. The second-order valence-corrected chi connectivity index (χ2v) is 21.0. The fourth-order valence-corrected chi connectivity index (χ4v) is 8.24. The Morgan fingerprint density at radius 3 is 1.31 bits per heavy atom. The minimum Gasteiger partial charge on any atom is -0.756 e. The number of carbonyl (C=O) groups excluding carboxylic acids is 1. The molecule has 0 radical (unpaired) electrons. The summed E-state index contributed by atoms with van der Waals surface area (Å²) in [5.41, 5.74) is 0. The van der Waals surface area contributed by atoms with Gasteiger partial charge in [0, 0.05) is 13.0 Å². The third-order valence-corrected chi connectivity index (χ3v) is 12.7. The van der Waals surface area contributed by atoms with Crippen molar-refractivity contribution in [1.82, 2.24) is 0 Å². The quantitative estimate of drug-likeness (QED) is 0.0197. The number of ether oxygens (including phenoxy) is 2. The van der Waals surface area contributed by atoms with Crippen LogP contribution >= 0.6 is 7.82 Å². The van der Waals surface area contributed by atoms with Crippen LogP contribution in [0.15, 0.2) is 72.9 Å². The maximum atomic E-state index is 12.8. The van der Waals surface area contributed by atoms with Crippen molar-refractivity contribution in [3.05, 3.63) is 72.9 Å². The van der Waals surface area contributed by atoms with E-state index < -0.39 is 13.9 Å². The molecular weight excluding hydrogens is 854 g/mol. The molecule has 8 nitrogen and oxygen atoms in total. The standard InChI is InChI=1S/C58H106NO7P/c1-6-8-10-12-14-16-18-20-22-24-26-28-29-30-31-32-33-35-37-39-41-43-45-47-49-51-58(60)66-57(56-65-67(61,62)64-54-52-59(3,4)5)55-63-53-50-48-46-44-42-40-38-36-34-27-25-23-21-19-17-15-13-11-9-7-2/h9,11,15,17,21,23-24,26-27,34,38,40,57H,6-8,10,12-14,16,18-20,22,25,28-33,35-37,39,41-56H2,1-5H3/b11-9-,17-15-,23-21-,26-24-,34-27-,40-38-. The van der Waals surface area contributed by atoms with Crippen LogP contribution in [0, 0.1) is 0 Å². The molecule has 0 amide bonds. The molecule has 0 N–H and O–H groups in total. The number of esters is 1. The molecule has 9 heteroatoms. The third-order valence-electron chi connectivity index (χ3n) is 11.7. The molecule has 0 aliphatic carbocycles. The highest BCUT2D eigenvalue weighted by Crippen LogP contribution is 2.38. The summed E-state index contributed by atoms with van der Waals surface area (Å²) in [4.78, 5) is 25.2. The molecule has 0 saturated heterocycles. The molecule has 0 aliphatic heterocycles. The number of hydrogen-bond acceptors (Lipinski definition) is 7. The number of nitrogens with zero attached hydrogens (tertiary/aromatic N) is 1. The normalized spacial score (nSPS) is 14.1. The van der Waals surface area contributed by atoms with E-state index in [1.165, 1.54) is 128 Å². The SMILES string of the molecule is CC/C=C\C/C=C\C/C=C\C/C=C\C/C=C\CCCCCCOCC(COP(=O)([O-])OCC[N+](C)(C)C)OC(=O)CCCCCCCCCCCCCCC/C=C\CCCCCCCCCC. The van der Waals surface area contributed by atoms with Gasteiger partial charge in [0.25, 0.3) is 7.82 Å². The zero-order valence-corrected chi connectivity index (χ0v) is 45.2. The van der Waals surface area contributed by atoms with Crippen LogP contribution in [-0.2, 0) is 27.9 Å². The van der Waals surface area contributed by atoms with Crippen molar-refractivity contribution in [2.24, 2.45) is 0 Å². The van der Waals surface area contributed by atoms with Crippen LogP contribution in [0.1, 0.15) is 232 Å². The Bertz CT molecular complexity index is 1300. The van der Waals surface area contributed by atoms with Crippen LogP contribution < -0.4 is 4.89 Å². The van der Waals surface area contributed by atoms with Gasteiger partial charge in [-0.1, -0.05) is 215 Å². The van der Waals surface area contributed by atoms with Gasteiger partial charge in [-0.3, -0.25) is 9.36 Å². The summed E-state index contributed by atoms with van der Waals surface area (Å²) < 4.78 is 34.8. The molecule has 0 heterocycles. The van der Waals surface area contributed by atoms with E-state index in [-0.39, 0.29) is 25.8 Å². The van der Waals surface area contributed by atoms with Crippen molar-refractivity contribution in [2.75, 3.05) is 54.1 Å². The summed E-state index contributed by atoms with van der Waals surface area (Å²) in [5, 5.41) is 0. The summed E-state index contributed by atoms with van der Waals surface area (Å²) in [6, 6.07) is 0. The lowest BCUT2D eigenvalue weighted by Gasteiger charge is -2.28. The van der Waals surface area contributed by atoms with Crippen LogP contribution in [-0.4, -0.2) is 70.7 Å². The van der Waals surface area contributed by atoms with Gasteiger partial charge >= 0.3 is 5.97 Å². The summed E-state index contributed by atoms with van der Waals surface area (Å²) >= 11 is 0. The first-order valence-corrected chi connectivity index (χ1v) is 29.1. The monoisotopic (exact) mass is 960 g/mol. The summed E-state index contributed by atoms with van der Waals surface area (Å²) in [6.07, 6.45) is 66.6. The zero-order chi connectivity index (χ0) is 49.0. The van der Waals surface area contributed by atoms with Gasteiger partial charge in [0.05, 0.1) is 34.4 Å². The van der Waals surface area contributed by atoms with E-state index in [0.717, 1.165) is 83.5 Å². The van der Waals surface area contributed by atoms with Crippen molar-refractivity contribution in [3.8, 4) is 0 Å². The van der Waals surface area contributed by atoms with E-state index in [0.29, 0.717) is 24.1 Å². The van der Waals surface area contributed by atoms with Gasteiger partial charge in [0.2, 0.25) is 0 Å². The number of hydrogen-bond donors (Lipinski definition) is 0. The van der Waals surface area contributed by atoms with Crippen LogP contribution in [0.2, 0.25) is 0 Å². The Hall–Kier alpha value is -2.06. The number of allylic oxidation sites excluding steroid dienone is 12. The molecule has 390 valence electrons. The molecule has 0 saturated carbocycles. The summed E-state index contributed by atoms with van der Waals surface area (Å²) in [5.74, 6) is -0.343. The van der Waals surface area contributed by atoms with Crippen molar-refractivity contribution < 1.29 is 37.3 Å². The van der Waals surface area contributed by atoms with Crippen LogP contribution in [0.25, 0.3) is 0 Å².